The molecule has 0 fully saturated rings. The van der Waals surface area contributed by atoms with Crippen LogP contribution in [0.5, 0.6) is 0 Å². The van der Waals surface area contributed by atoms with Crippen LogP contribution in [0.2, 0.25) is 5.02 Å². The summed E-state index contributed by atoms with van der Waals surface area (Å²) < 4.78 is 0. The van der Waals surface area contributed by atoms with Crippen molar-refractivity contribution < 1.29 is 14.5 Å². The van der Waals surface area contributed by atoms with Gasteiger partial charge in [0.2, 0.25) is 5.91 Å². The molecule has 0 saturated carbocycles. The Bertz CT molecular complexity index is 893. The van der Waals surface area contributed by atoms with E-state index in [0.717, 1.165) is 0 Å². The molecule has 0 bridgehead atoms. The fourth-order valence-electron chi connectivity index (χ4n) is 2.22. The first kappa shape index (κ1) is 18.2. The van der Waals surface area contributed by atoms with Gasteiger partial charge in [0.15, 0.2) is 0 Å². The number of halogens is 1. The minimum absolute atomic E-state index is 0.0115. The van der Waals surface area contributed by atoms with E-state index in [0.29, 0.717) is 16.8 Å². The number of nitrogens with two attached hydrogens (primary N) is 1. The second-order valence-electron chi connectivity index (χ2n) is 5.15. The Morgan fingerprint density at radius 1 is 1.28 bits per heavy atom. The van der Waals surface area contributed by atoms with Crippen molar-refractivity contribution >= 4 is 40.9 Å². The van der Waals surface area contributed by atoms with E-state index in [9.17, 15) is 19.7 Å². The van der Waals surface area contributed by atoms with Crippen LogP contribution in [0.1, 0.15) is 21.5 Å². The third-order valence-corrected chi connectivity index (χ3v) is 3.69. The van der Waals surface area contributed by atoms with E-state index in [1.807, 2.05) is 0 Å². The van der Waals surface area contributed by atoms with E-state index < -0.39 is 16.7 Å². The number of amides is 2. The predicted molar refractivity (Wildman–Crippen MR) is 95.5 cm³/mol. The summed E-state index contributed by atoms with van der Waals surface area (Å²) in [4.78, 5) is 33.8. The van der Waals surface area contributed by atoms with Crippen molar-refractivity contribution in [2.24, 2.45) is 5.73 Å². The number of hydrogen-bond donors (Lipinski definition) is 2. The van der Waals surface area contributed by atoms with Gasteiger partial charge in [0.05, 0.1) is 16.2 Å². The van der Waals surface area contributed by atoms with Crippen LogP contribution >= 0.6 is 11.6 Å². The summed E-state index contributed by atoms with van der Waals surface area (Å²) in [6.07, 6.45) is 2.60. The molecule has 0 saturated heterocycles. The molecular formula is C17H14ClN3O4. The van der Waals surface area contributed by atoms with E-state index >= 15 is 0 Å². The van der Waals surface area contributed by atoms with Gasteiger partial charge in [0, 0.05) is 12.1 Å². The van der Waals surface area contributed by atoms with E-state index in [1.54, 1.807) is 31.2 Å². The number of primary amides is 1. The molecule has 0 aliphatic carbocycles. The van der Waals surface area contributed by atoms with E-state index in [4.69, 9.17) is 17.3 Å². The van der Waals surface area contributed by atoms with Crippen molar-refractivity contribution in [1.29, 1.82) is 0 Å². The Morgan fingerprint density at radius 3 is 2.64 bits per heavy atom. The van der Waals surface area contributed by atoms with Gasteiger partial charge in [-0.3, -0.25) is 19.7 Å². The first-order valence-electron chi connectivity index (χ1n) is 7.12. The van der Waals surface area contributed by atoms with Crippen molar-refractivity contribution in [1.82, 2.24) is 0 Å². The van der Waals surface area contributed by atoms with Crippen molar-refractivity contribution in [2.45, 2.75) is 6.92 Å². The molecule has 0 aliphatic heterocycles. The number of nitrogens with zero attached hydrogens (tertiary/aromatic N) is 1. The molecule has 0 unspecified atom stereocenters. The number of rotatable bonds is 5. The number of benzene rings is 2. The lowest BCUT2D eigenvalue weighted by Gasteiger charge is -2.09. The van der Waals surface area contributed by atoms with Crippen LogP contribution in [0.4, 0.5) is 11.4 Å². The summed E-state index contributed by atoms with van der Waals surface area (Å²) in [5.41, 5.74) is 6.68. The lowest BCUT2D eigenvalue weighted by atomic mass is 10.1. The fourth-order valence-corrected chi connectivity index (χ4v) is 2.41. The maximum absolute atomic E-state index is 12.0. The number of nitro groups is 1. The molecule has 2 rings (SSSR count). The number of anilines is 1. The minimum atomic E-state index is -0.647. The van der Waals surface area contributed by atoms with Crippen LogP contribution in [0.3, 0.4) is 0 Å². The highest BCUT2D eigenvalue weighted by atomic mass is 35.5. The number of nitrogens with one attached hydrogen (secondary N) is 1. The topological polar surface area (TPSA) is 115 Å². The van der Waals surface area contributed by atoms with Crippen LogP contribution in [-0.4, -0.2) is 16.7 Å². The molecule has 0 radical (unpaired) electrons. The van der Waals surface area contributed by atoms with Crippen molar-refractivity contribution in [2.75, 3.05) is 5.32 Å². The monoisotopic (exact) mass is 359 g/mol. The summed E-state index contributed by atoms with van der Waals surface area (Å²) in [5, 5.41) is 13.4. The lowest BCUT2D eigenvalue weighted by molar-refractivity contribution is -0.384. The smallest absolute Gasteiger partial charge is 0.288 e. The zero-order valence-electron chi connectivity index (χ0n) is 13.2. The number of carbonyl (C=O) groups is 2. The second-order valence-corrected chi connectivity index (χ2v) is 5.56. The molecule has 2 aromatic carbocycles. The standard InChI is InChI=1S/C17H14ClN3O4/c1-10-3-2-4-13(16(10)17(19)23)20-15(22)8-6-11-5-7-12(18)14(9-11)21(24)25/h2-9H,1H3,(H2,19,23)(H,20,22). The summed E-state index contributed by atoms with van der Waals surface area (Å²) in [6.45, 7) is 1.71. The van der Waals surface area contributed by atoms with Crippen molar-refractivity contribution in [3.63, 3.8) is 0 Å². The molecule has 0 heterocycles. The minimum Gasteiger partial charge on any atom is -0.366 e. The largest absolute Gasteiger partial charge is 0.366 e. The van der Waals surface area contributed by atoms with Crippen LogP contribution < -0.4 is 11.1 Å². The Hall–Kier alpha value is -3.19. The second kappa shape index (κ2) is 7.59. The molecule has 0 atom stereocenters. The Labute approximate surface area is 148 Å². The van der Waals surface area contributed by atoms with Gasteiger partial charge in [0.25, 0.3) is 11.6 Å². The van der Waals surface area contributed by atoms with Gasteiger partial charge in [-0.25, -0.2) is 0 Å². The van der Waals surface area contributed by atoms with E-state index in [1.165, 1.54) is 24.3 Å². The molecule has 0 aromatic heterocycles. The highest BCUT2D eigenvalue weighted by molar-refractivity contribution is 6.32. The molecule has 2 amide bonds. The zero-order valence-corrected chi connectivity index (χ0v) is 13.9. The Balaban J connectivity index is 2.20. The van der Waals surface area contributed by atoms with Gasteiger partial charge < -0.3 is 11.1 Å². The highest BCUT2D eigenvalue weighted by Crippen LogP contribution is 2.25. The van der Waals surface area contributed by atoms with Crippen molar-refractivity contribution in [3.8, 4) is 0 Å². The molecule has 2 aromatic rings. The average Bonchev–Trinajstić information content (AvgIpc) is 2.53. The van der Waals surface area contributed by atoms with E-state index in [-0.39, 0.29) is 16.3 Å². The van der Waals surface area contributed by atoms with Crippen LogP contribution in [0.15, 0.2) is 42.5 Å². The van der Waals surface area contributed by atoms with Crippen LogP contribution in [-0.2, 0) is 4.79 Å². The number of aryl methyl sites for hydroxylation is 1. The lowest BCUT2D eigenvalue weighted by Crippen LogP contribution is -2.18. The van der Waals surface area contributed by atoms with Gasteiger partial charge in [0.1, 0.15) is 5.02 Å². The quantitative estimate of drug-likeness (QED) is 0.484. The predicted octanol–water partition coefficient (Wildman–Crippen LogP) is 3.31. The highest BCUT2D eigenvalue weighted by Gasteiger charge is 2.13. The van der Waals surface area contributed by atoms with Gasteiger partial charge in [-0.2, -0.15) is 0 Å². The average molecular weight is 360 g/mol. The molecule has 128 valence electrons. The van der Waals surface area contributed by atoms with Crippen molar-refractivity contribution in [3.05, 3.63) is 74.3 Å². The molecular weight excluding hydrogens is 346 g/mol. The normalized spacial score (nSPS) is 10.6. The first-order chi connectivity index (χ1) is 11.8. The number of nitro benzene ring substituents is 1. The third kappa shape index (κ3) is 4.42. The molecule has 0 spiro atoms. The summed E-state index contributed by atoms with van der Waals surface area (Å²) in [5.74, 6) is -1.16. The van der Waals surface area contributed by atoms with Gasteiger partial charge >= 0.3 is 0 Å². The summed E-state index contributed by atoms with van der Waals surface area (Å²) in [7, 11) is 0. The maximum atomic E-state index is 12.0. The SMILES string of the molecule is Cc1cccc(NC(=O)C=Cc2ccc(Cl)c([N+](=O)[O-])c2)c1C(N)=O. The summed E-state index contributed by atoms with van der Waals surface area (Å²) in [6, 6.07) is 9.13. The maximum Gasteiger partial charge on any atom is 0.288 e. The fraction of sp³-hybridized carbons (Fsp3) is 0.0588. The molecule has 25 heavy (non-hydrogen) atoms. The first-order valence-corrected chi connectivity index (χ1v) is 7.50. The summed E-state index contributed by atoms with van der Waals surface area (Å²) >= 11 is 5.73. The number of hydrogen-bond acceptors (Lipinski definition) is 4. The van der Waals surface area contributed by atoms with Gasteiger partial charge in [-0.1, -0.05) is 29.8 Å². The molecule has 8 heteroatoms. The van der Waals surface area contributed by atoms with Gasteiger partial charge in [-0.05, 0) is 36.3 Å². The van der Waals surface area contributed by atoms with Crippen LogP contribution in [0, 0.1) is 17.0 Å². The van der Waals surface area contributed by atoms with Crippen LogP contribution in [0.25, 0.3) is 6.08 Å². The van der Waals surface area contributed by atoms with Gasteiger partial charge in [-0.15, -0.1) is 0 Å². The Kier molecular flexibility index (Phi) is 5.51. The van der Waals surface area contributed by atoms with E-state index in [2.05, 4.69) is 5.32 Å². The third-order valence-electron chi connectivity index (χ3n) is 3.37. The molecule has 7 nitrogen and oxygen atoms in total. The number of carbonyl (C=O) groups excluding carboxylic acids is 2. The Morgan fingerprint density at radius 2 is 2.00 bits per heavy atom. The zero-order chi connectivity index (χ0) is 18.6. The molecule has 0 aliphatic rings. The molecule has 3 N–H and O–H groups in total.